The number of amides is 1. The molecule has 0 saturated heterocycles. The number of aryl methyl sites for hydroxylation is 1. The number of carbonyl (C=O) groups is 1. The lowest BCUT2D eigenvalue weighted by Gasteiger charge is -2.13. The predicted molar refractivity (Wildman–Crippen MR) is 80.5 cm³/mol. The first-order valence-electron chi connectivity index (χ1n) is 7.39. The lowest BCUT2D eigenvalue weighted by Crippen LogP contribution is -2.36. The number of nitrogens with zero attached hydrogens (tertiary/aromatic N) is 3. The maximum absolute atomic E-state index is 12.1. The van der Waals surface area contributed by atoms with Crippen molar-refractivity contribution in [3.05, 3.63) is 36.2 Å². The maximum Gasteiger partial charge on any atom is 0.242 e. The average molecular weight is 284 g/mol. The summed E-state index contributed by atoms with van der Waals surface area (Å²) in [7, 11) is 0. The minimum absolute atomic E-state index is 0.00326. The summed E-state index contributed by atoms with van der Waals surface area (Å²) < 4.78 is 1.68. The molecule has 1 aliphatic carbocycles. The molecule has 0 bridgehead atoms. The highest BCUT2D eigenvalue weighted by atomic mass is 16.2. The van der Waals surface area contributed by atoms with Crippen LogP contribution in [0, 0.1) is 12.8 Å². The van der Waals surface area contributed by atoms with Crippen LogP contribution in [-0.2, 0) is 11.3 Å². The monoisotopic (exact) mass is 284 g/mol. The van der Waals surface area contributed by atoms with Gasteiger partial charge in [-0.05, 0) is 32.6 Å². The summed E-state index contributed by atoms with van der Waals surface area (Å²) in [5.41, 5.74) is 0.973. The molecule has 5 heteroatoms. The predicted octanol–water partition coefficient (Wildman–Crippen LogP) is 2.17. The summed E-state index contributed by atoms with van der Waals surface area (Å²) in [6.45, 7) is 4.12. The van der Waals surface area contributed by atoms with Gasteiger partial charge in [-0.3, -0.25) is 4.79 Å². The SMILES string of the molecule is Cc1nc(-c2ccccc2)n(CC(=O)N[C@@H](C)C2CC2)n1. The largest absolute Gasteiger partial charge is 0.352 e. The van der Waals surface area contributed by atoms with Gasteiger partial charge in [0, 0.05) is 11.6 Å². The Bertz CT molecular complexity index is 631. The van der Waals surface area contributed by atoms with E-state index in [1.807, 2.05) is 37.3 Å². The van der Waals surface area contributed by atoms with Crippen LogP contribution in [0.5, 0.6) is 0 Å². The molecule has 0 spiro atoms. The van der Waals surface area contributed by atoms with E-state index in [-0.39, 0.29) is 18.5 Å². The molecular weight excluding hydrogens is 264 g/mol. The quantitative estimate of drug-likeness (QED) is 0.915. The Hall–Kier alpha value is -2.17. The molecule has 21 heavy (non-hydrogen) atoms. The van der Waals surface area contributed by atoms with Crippen molar-refractivity contribution in [2.75, 3.05) is 0 Å². The Morgan fingerprint density at radius 3 is 2.76 bits per heavy atom. The van der Waals surface area contributed by atoms with Crippen LogP contribution in [-0.4, -0.2) is 26.7 Å². The van der Waals surface area contributed by atoms with Gasteiger partial charge in [0.25, 0.3) is 0 Å². The molecule has 0 radical (unpaired) electrons. The summed E-state index contributed by atoms with van der Waals surface area (Å²) >= 11 is 0. The van der Waals surface area contributed by atoms with Crippen molar-refractivity contribution < 1.29 is 4.79 Å². The number of benzene rings is 1. The van der Waals surface area contributed by atoms with E-state index in [0.717, 1.165) is 11.4 Å². The van der Waals surface area contributed by atoms with Crippen molar-refractivity contribution in [2.45, 2.75) is 39.3 Å². The van der Waals surface area contributed by atoms with E-state index in [4.69, 9.17) is 0 Å². The number of carbonyl (C=O) groups excluding carboxylic acids is 1. The van der Waals surface area contributed by atoms with Crippen molar-refractivity contribution in [3.8, 4) is 11.4 Å². The topological polar surface area (TPSA) is 59.8 Å². The van der Waals surface area contributed by atoms with E-state index in [1.165, 1.54) is 12.8 Å². The number of aromatic nitrogens is 3. The molecule has 1 N–H and O–H groups in total. The number of rotatable bonds is 5. The number of hydrogen-bond donors (Lipinski definition) is 1. The zero-order valence-corrected chi connectivity index (χ0v) is 12.4. The second kappa shape index (κ2) is 5.68. The van der Waals surface area contributed by atoms with E-state index in [9.17, 15) is 4.79 Å². The third-order valence-corrected chi connectivity index (χ3v) is 3.82. The van der Waals surface area contributed by atoms with E-state index < -0.39 is 0 Å². The van der Waals surface area contributed by atoms with Crippen LogP contribution in [0.3, 0.4) is 0 Å². The molecule has 5 nitrogen and oxygen atoms in total. The Kier molecular flexibility index (Phi) is 3.73. The summed E-state index contributed by atoms with van der Waals surface area (Å²) in [5, 5.41) is 7.39. The fourth-order valence-electron chi connectivity index (χ4n) is 2.52. The van der Waals surface area contributed by atoms with Gasteiger partial charge in [0.1, 0.15) is 12.4 Å². The number of hydrogen-bond acceptors (Lipinski definition) is 3. The van der Waals surface area contributed by atoms with Gasteiger partial charge in [0.05, 0.1) is 0 Å². The minimum Gasteiger partial charge on any atom is -0.352 e. The Morgan fingerprint density at radius 1 is 1.38 bits per heavy atom. The number of nitrogens with one attached hydrogen (secondary N) is 1. The highest BCUT2D eigenvalue weighted by Crippen LogP contribution is 2.32. The van der Waals surface area contributed by atoms with Gasteiger partial charge in [0.15, 0.2) is 5.82 Å². The maximum atomic E-state index is 12.1. The van der Waals surface area contributed by atoms with Crippen molar-refractivity contribution in [3.63, 3.8) is 0 Å². The van der Waals surface area contributed by atoms with Crippen molar-refractivity contribution in [1.82, 2.24) is 20.1 Å². The molecule has 0 aliphatic heterocycles. The van der Waals surface area contributed by atoms with Gasteiger partial charge in [-0.2, -0.15) is 5.10 Å². The van der Waals surface area contributed by atoms with Gasteiger partial charge >= 0.3 is 0 Å². The Balaban J connectivity index is 1.74. The lowest BCUT2D eigenvalue weighted by atomic mass is 10.2. The molecular formula is C16H20N4O. The molecule has 1 atom stereocenters. The third kappa shape index (κ3) is 3.29. The molecule has 110 valence electrons. The first kappa shape index (κ1) is 13.8. The Labute approximate surface area is 124 Å². The van der Waals surface area contributed by atoms with Crippen LogP contribution in [0.15, 0.2) is 30.3 Å². The van der Waals surface area contributed by atoms with E-state index in [2.05, 4.69) is 22.3 Å². The zero-order chi connectivity index (χ0) is 14.8. The third-order valence-electron chi connectivity index (χ3n) is 3.82. The second-order valence-electron chi connectivity index (χ2n) is 5.70. The fourth-order valence-corrected chi connectivity index (χ4v) is 2.52. The molecule has 1 heterocycles. The molecule has 1 saturated carbocycles. The van der Waals surface area contributed by atoms with Crippen LogP contribution in [0.25, 0.3) is 11.4 Å². The van der Waals surface area contributed by atoms with Crippen LogP contribution < -0.4 is 5.32 Å². The molecule has 1 aromatic heterocycles. The highest BCUT2D eigenvalue weighted by molar-refractivity contribution is 5.76. The first-order chi connectivity index (χ1) is 10.1. The molecule has 1 fully saturated rings. The molecule has 3 rings (SSSR count). The van der Waals surface area contributed by atoms with Crippen LogP contribution in [0.2, 0.25) is 0 Å². The first-order valence-corrected chi connectivity index (χ1v) is 7.39. The molecule has 0 unspecified atom stereocenters. The van der Waals surface area contributed by atoms with Gasteiger partial charge in [-0.25, -0.2) is 9.67 Å². The van der Waals surface area contributed by atoms with Gasteiger partial charge < -0.3 is 5.32 Å². The summed E-state index contributed by atoms with van der Waals surface area (Å²) in [4.78, 5) is 16.6. The molecule has 1 aromatic carbocycles. The summed E-state index contributed by atoms with van der Waals surface area (Å²) in [6, 6.07) is 10.1. The van der Waals surface area contributed by atoms with Crippen LogP contribution >= 0.6 is 0 Å². The summed E-state index contributed by atoms with van der Waals surface area (Å²) in [5.74, 6) is 2.07. The van der Waals surface area contributed by atoms with E-state index in [0.29, 0.717) is 11.7 Å². The van der Waals surface area contributed by atoms with E-state index in [1.54, 1.807) is 4.68 Å². The second-order valence-corrected chi connectivity index (χ2v) is 5.70. The normalized spacial score (nSPS) is 15.7. The minimum atomic E-state index is -0.00326. The standard InChI is InChI=1S/C16H20N4O/c1-11(13-8-9-13)17-15(21)10-20-16(18-12(2)19-20)14-6-4-3-5-7-14/h3-7,11,13H,8-10H2,1-2H3,(H,17,21)/t11-/m0/s1. The summed E-state index contributed by atoms with van der Waals surface area (Å²) in [6.07, 6.45) is 2.44. The Morgan fingerprint density at radius 2 is 2.10 bits per heavy atom. The zero-order valence-electron chi connectivity index (χ0n) is 12.4. The molecule has 1 amide bonds. The lowest BCUT2D eigenvalue weighted by molar-refractivity contribution is -0.122. The van der Waals surface area contributed by atoms with Gasteiger partial charge in [0.2, 0.25) is 5.91 Å². The average Bonchev–Trinajstić information content (AvgIpc) is 3.24. The fraction of sp³-hybridized carbons (Fsp3) is 0.438. The van der Waals surface area contributed by atoms with Gasteiger partial charge in [-0.1, -0.05) is 30.3 Å². The van der Waals surface area contributed by atoms with Crippen molar-refractivity contribution >= 4 is 5.91 Å². The molecule has 1 aliphatic rings. The van der Waals surface area contributed by atoms with Crippen LogP contribution in [0.1, 0.15) is 25.6 Å². The van der Waals surface area contributed by atoms with Crippen molar-refractivity contribution in [1.29, 1.82) is 0 Å². The molecule has 2 aromatic rings. The van der Waals surface area contributed by atoms with Gasteiger partial charge in [-0.15, -0.1) is 0 Å². The van der Waals surface area contributed by atoms with E-state index >= 15 is 0 Å². The highest BCUT2D eigenvalue weighted by Gasteiger charge is 2.29. The van der Waals surface area contributed by atoms with Crippen molar-refractivity contribution in [2.24, 2.45) is 5.92 Å². The smallest absolute Gasteiger partial charge is 0.242 e. The van der Waals surface area contributed by atoms with Crippen LogP contribution in [0.4, 0.5) is 0 Å².